The molecule has 1 atom stereocenters. The molecule has 0 saturated heterocycles. The lowest BCUT2D eigenvalue weighted by atomic mass is 10.0. The lowest BCUT2D eigenvalue weighted by Gasteiger charge is -2.07. The van der Waals surface area contributed by atoms with E-state index in [9.17, 15) is 9.90 Å². The quantitative estimate of drug-likeness (QED) is 0.877. The molecule has 0 amide bonds. The molecule has 2 rings (SSSR count). The Labute approximate surface area is 104 Å². The Morgan fingerprint density at radius 2 is 2.35 bits per heavy atom. The summed E-state index contributed by atoms with van der Waals surface area (Å²) in [6, 6.07) is 4.08. The summed E-state index contributed by atoms with van der Waals surface area (Å²) in [6.45, 7) is 4.41. The smallest absolute Gasteiger partial charge is 0.328 e. The second-order valence-electron chi connectivity index (χ2n) is 4.10. The molecule has 4 nitrogen and oxygen atoms in total. The van der Waals surface area contributed by atoms with Crippen LogP contribution in [0.2, 0.25) is 0 Å². The van der Waals surface area contributed by atoms with Crippen molar-refractivity contribution in [3.8, 4) is 5.88 Å². The van der Waals surface area contributed by atoms with Crippen LogP contribution in [-0.4, -0.2) is 14.7 Å². The van der Waals surface area contributed by atoms with Crippen molar-refractivity contribution in [3.05, 3.63) is 38.6 Å². The molecule has 92 valence electrons. The first-order valence-corrected chi connectivity index (χ1v) is 6.55. The largest absolute Gasteiger partial charge is 0.493 e. The lowest BCUT2D eigenvalue weighted by molar-refractivity contribution is 0.411. The fourth-order valence-electron chi connectivity index (χ4n) is 1.93. The molecule has 0 aliphatic rings. The van der Waals surface area contributed by atoms with E-state index in [-0.39, 0.29) is 11.6 Å². The highest BCUT2D eigenvalue weighted by Gasteiger charge is 2.15. The van der Waals surface area contributed by atoms with E-state index in [1.165, 1.54) is 9.44 Å². The van der Waals surface area contributed by atoms with E-state index in [0.717, 1.165) is 0 Å². The van der Waals surface area contributed by atoms with Crippen molar-refractivity contribution in [2.24, 2.45) is 0 Å². The van der Waals surface area contributed by atoms with E-state index in [0.29, 0.717) is 24.6 Å². The summed E-state index contributed by atoms with van der Waals surface area (Å²) in [7, 11) is 0. The van der Waals surface area contributed by atoms with Gasteiger partial charge in [-0.15, -0.1) is 11.3 Å². The van der Waals surface area contributed by atoms with Crippen LogP contribution in [0.15, 0.2) is 22.3 Å². The Hall–Kier alpha value is -1.49. The summed E-state index contributed by atoms with van der Waals surface area (Å²) in [6.07, 6.45) is 0.647. The molecule has 0 fully saturated rings. The maximum atomic E-state index is 11.5. The number of aromatic hydroxyl groups is 1. The van der Waals surface area contributed by atoms with Crippen molar-refractivity contribution in [2.75, 3.05) is 0 Å². The van der Waals surface area contributed by atoms with Gasteiger partial charge in [0.2, 0.25) is 5.88 Å². The SMILES string of the molecule is CCn1c(O)c(CC(C)c2cccs2)[nH]c1=O. The van der Waals surface area contributed by atoms with Gasteiger partial charge in [0.25, 0.3) is 0 Å². The molecule has 0 spiro atoms. The number of hydrogen-bond acceptors (Lipinski definition) is 3. The third kappa shape index (κ3) is 2.29. The van der Waals surface area contributed by atoms with Gasteiger partial charge in [0, 0.05) is 17.8 Å². The molecular weight excluding hydrogens is 236 g/mol. The van der Waals surface area contributed by atoms with Crippen molar-refractivity contribution in [1.82, 2.24) is 9.55 Å². The molecule has 2 N–H and O–H groups in total. The number of nitrogens with one attached hydrogen (secondary N) is 1. The fraction of sp³-hybridized carbons (Fsp3) is 0.417. The lowest BCUT2D eigenvalue weighted by Crippen LogP contribution is -2.14. The third-order valence-electron chi connectivity index (χ3n) is 2.88. The zero-order valence-corrected chi connectivity index (χ0v) is 10.8. The van der Waals surface area contributed by atoms with Crippen LogP contribution in [0, 0.1) is 0 Å². The van der Waals surface area contributed by atoms with Gasteiger partial charge in [-0.3, -0.25) is 4.57 Å². The van der Waals surface area contributed by atoms with Crippen LogP contribution < -0.4 is 5.69 Å². The van der Waals surface area contributed by atoms with Crippen LogP contribution in [0.5, 0.6) is 5.88 Å². The van der Waals surface area contributed by atoms with E-state index in [1.54, 1.807) is 11.3 Å². The summed E-state index contributed by atoms with van der Waals surface area (Å²) >= 11 is 1.69. The maximum Gasteiger partial charge on any atom is 0.328 e. The van der Waals surface area contributed by atoms with Crippen molar-refractivity contribution < 1.29 is 5.11 Å². The van der Waals surface area contributed by atoms with Gasteiger partial charge in [-0.05, 0) is 24.3 Å². The van der Waals surface area contributed by atoms with Crippen LogP contribution in [0.1, 0.15) is 30.3 Å². The molecule has 1 unspecified atom stereocenters. The molecule has 17 heavy (non-hydrogen) atoms. The number of nitrogens with zero attached hydrogens (tertiary/aromatic N) is 1. The summed E-state index contributed by atoms with van der Waals surface area (Å²) < 4.78 is 1.34. The average Bonchev–Trinajstić information content (AvgIpc) is 2.89. The predicted octanol–water partition coefficient (Wildman–Crippen LogP) is 2.31. The highest BCUT2D eigenvalue weighted by atomic mass is 32.1. The van der Waals surface area contributed by atoms with E-state index in [1.807, 2.05) is 18.4 Å². The molecule has 2 aromatic heterocycles. The first-order chi connectivity index (χ1) is 8.13. The van der Waals surface area contributed by atoms with Gasteiger partial charge in [0.05, 0.1) is 5.69 Å². The first-order valence-electron chi connectivity index (χ1n) is 5.67. The average molecular weight is 252 g/mol. The molecule has 0 bridgehead atoms. The standard InChI is InChI=1S/C12H16N2O2S/c1-3-14-11(15)9(13-12(14)16)7-8(2)10-5-4-6-17-10/h4-6,8,15H,3,7H2,1-2H3,(H,13,16). The second kappa shape index (κ2) is 4.79. The van der Waals surface area contributed by atoms with E-state index in [4.69, 9.17) is 0 Å². The van der Waals surface area contributed by atoms with Crippen LogP contribution in [0.3, 0.4) is 0 Å². The van der Waals surface area contributed by atoms with Crippen molar-refractivity contribution >= 4 is 11.3 Å². The summed E-state index contributed by atoms with van der Waals surface area (Å²) in [5.74, 6) is 0.366. The minimum atomic E-state index is -0.238. The first kappa shape index (κ1) is 12.0. The number of imidazole rings is 1. The van der Waals surface area contributed by atoms with Gasteiger partial charge >= 0.3 is 5.69 Å². The molecule has 0 radical (unpaired) electrons. The minimum Gasteiger partial charge on any atom is -0.493 e. The van der Waals surface area contributed by atoms with Crippen LogP contribution >= 0.6 is 11.3 Å². The summed E-state index contributed by atoms with van der Waals surface area (Å²) in [5.41, 5.74) is 0.385. The Kier molecular flexibility index (Phi) is 3.38. The van der Waals surface area contributed by atoms with Crippen molar-refractivity contribution in [1.29, 1.82) is 0 Å². The van der Waals surface area contributed by atoms with Gasteiger partial charge < -0.3 is 10.1 Å². The molecule has 2 aromatic rings. The normalized spacial score (nSPS) is 12.8. The maximum absolute atomic E-state index is 11.5. The van der Waals surface area contributed by atoms with Gasteiger partial charge in [-0.25, -0.2) is 4.79 Å². The predicted molar refractivity (Wildman–Crippen MR) is 68.8 cm³/mol. The number of H-pyrrole nitrogens is 1. The van der Waals surface area contributed by atoms with Gasteiger partial charge in [0.15, 0.2) is 0 Å². The zero-order chi connectivity index (χ0) is 12.4. The third-order valence-corrected chi connectivity index (χ3v) is 3.99. The molecule has 2 heterocycles. The van der Waals surface area contributed by atoms with Crippen molar-refractivity contribution in [3.63, 3.8) is 0 Å². The Balaban J connectivity index is 2.22. The Morgan fingerprint density at radius 3 is 2.88 bits per heavy atom. The summed E-state index contributed by atoms with van der Waals surface area (Å²) in [5, 5.41) is 11.9. The topological polar surface area (TPSA) is 58.0 Å². The Morgan fingerprint density at radius 1 is 1.59 bits per heavy atom. The summed E-state index contributed by atoms with van der Waals surface area (Å²) in [4.78, 5) is 15.5. The highest BCUT2D eigenvalue weighted by Crippen LogP contribution is 2.26. The molecule has 0 saturated carbocycles. The van der Waals surface area contributed by atoms with E-state index in [2.05, 4.69) is 18.0 Å². The zero-order valence-electron chi connectivity index (χ0n) is 9.93. The number of hydrogen-bond donors (Lipinski definition) is 2. The molecule has 0 aliphatic heterocycles. The molecule has 5 heteroatoms. The number of rotatable bonds is 4. The van der Waals surface area contributed by atoms with Crippen LogP contribution in [0.25, 0.3) is 0 Å². The van der Waals surface area contributed by atoms with Gasteiger partial charge in [-0.1, -0.05) is 13.0 Å². The number of aromatic nitrogens is 2. The molecule has 0 aromatic carbocycles. The van der Waals surface area contributed by atoms with E-state index < -0.39 is 0 Å². The fourth-order valence-corrected chi connectivity index (χ4v) is 2.71. The minimum absolute atomic E-state index is 0.0703. The number of thiophene rings is 1. The van der Waals surface area contributed by atoms with E-state index >= 15 is 0 Å². The Bertz CT molecular complexity index is 539. The van der Waals surface area contributed by atoms with Gasteiger partial charge in [0.1, 0.15) is 0 Å². The highest BCUT2D eigenvalue weighted by molar-refractivity contribution is 7.10. The monoisotopic (exact) mass is 252 g/mol. The van der Waals surface area contributed by atoms with Crippen molar-refractivity contribution in [2.45, 2.75) is 32.7 Å². The molecule has 0 aliphatic carbocycles. The second-order valence-corrected chi connectivity index (χ2v) is 5.08. The number of aromatic amines is 1. The van der Waals surface area contributed by atoms with Gasteiger partial charge in [-0.2, -0.15) is 0 Å². The van der Waals surface area contributed by atoms with Crippen LogP contribution in [-0.2, 0) is 13.0 Å². The molecular formula is C12H16N2O2S. The van der Waals surface area contributed by atoms with Crippen LogP contribution in [0.4, 0.5) is 0 Å².